The highest BCUT2D eigenvalue weighted by Gasteiger charge is 2.08. The number of nitrogens with one attached hydrogen (secondary N) is 2. The predicted octanol–water partition coefficient (Wildman–Crippen LogP) is 5.01. The monoisotopic (exact) mass is 418 g/mol. The number of para-hydroxylation sites is 1. The van der Waals surface area contributed by atoms with Crippen LogP contribution in [0.5, 0.6) is 0 Å². The minimum absolute atomic E-state index is 0.0404. The average Bonchev–Trinajstić information content (AvgIpc) is 2.75. The summed E-state index contributed by atoms with van der Waals surface area (Å²) in [5, 5.41) is 5.66. The van der Waals surface area contributed by atoms with Crippen LogP contribution in [0.4, 0.5) is 11.4 Å². The smallest absolute Gasteiger partial charge is 0.255 e. The van der Waals surface area contributed by atoms with E-state index >= 15 is 0 Å². The van der Waals surface area contributed by atoms with Gasteiger partial charge < -0.3 is 10.6 Å². The van der Waals surface area contributed by atoms with Crippen LogP contribution in [0.2, 0.25) is 0 Å². The van der Waals surface area contributed by atoms with Crippen molar-refractivity contribution in [3.8, 4) is 0 Å². The SMILES string of the molecule is CC(=O)c1cccc(NC(=O)CSCc2ccc(C(=O)Nc3ccccc3)cc2)c1. The van der Waals surface area contributed by atoms with Crippen LogP contribution >= 0.6 is 11.8 Å². The average molecular weight is 419 g/mol. The van der Waals surface area contributed by atoms with Crippen molar-refractivity contribution in [2.75, 3.05) is 16.4 Å². The Hall–Kier alpha value is -3.38. The summed E-state index contributed by atoms with van der Waals surface area (Å²) in [6.45, 7) is 1.49. The Kier molecular flexibility index (Phi) is 7.40. The van der Waals surface area contributed by atoms with Crippen LogP contribution in [0.15, 0.2) is 78.9 Å². The van der Waals surface area contributed by atoms with Crippen LogP contribution in [0.1, 0.15) is 33.2 Å². The second-order valence-corrected chi connectivity index (χ2v) is 7.68. The number of anilines is 2. The van der Waals surface area contributed by atoms with Crippen molar-refractivity contribution >= 4 is 40.7 Å². The van der Waals surface area contributed by atoms with Crippen molar-refractivity contribution in [2.24, 2.45) is 0 Å². The maximum Gasteiger partial charge on any atom is 0.255 e. The highest BCUT2D eigenvalue weighted by atomic mass is 32.2. The quantitative estimate of drug-likeness (QED) is 0.504. The molecule has 0 radical (unpaired) electrons. The van der Waals surface area contributed by atoms with E-state index < -0.39 is 0 Å². The molecular formula is C24H22N2O3S. The molecule has 0 aromatic heterocycles. The topological polar surface area (TPSA) is 75.3 Å². The van der Waals surface area contributed by atoms with Gasteiger partial charge in [0.25, 0.3) is 5.91 Å². The van der Waals surface area contributed by atoms with Gasteiger partial charge in [-0.25, -0.2) is 0 Å². The number of rotatable bonds is 8. The molecule has 0 spiro atoms. The van der Waals surface area contributed by atoms with Crippen molar-refractivity contribution in [1.29, 1.82) is 0 Å². The Morgan fingerprint density at radius 1 is 0.767 bits per heavy atom. The second kappa shape index (κ2) is 10.4. The van der Waals surface area contributed by atoms with Gasteiger partial charge >= 0.3 is 0 Å². The van der Waals surface area contributed by atoms with E-state index in [1.54, 1.807) is 36.4 Å². The lowest BCUT2D eigenvalue weighted by Gasteiger charge is -2.07. The van der Waals surface area contributed by atoms with Crippen molar-refractivity contribution < 1.29 is 14.4 Å². The van der Waals surface area contributed by atoms with Crippen LogP contribution in [0, 0.1) is 0 Å². The van der Waals surface area contributed by atoms with Crippen LogP contribution in [-0.4, -0.2) is 23.4 Å². The molecule has 0 saturated carbocycles. The zero-order valence-corrected chi connectivity index (χ0v) is 17.4. The number of ketones is 1. The van der Waals surface area contributed by atoms with E-state index in [1.807, 2.05) is 42.5 Å². The molecule has 2 N–H and O–H groups in total. The van der Waals surface area contributed by atoms with E-state index in [1.165, 1.54) is 18.7 Å². The molecule has 3 rings (SSSR count). The number of Topliss-reactive ketones (excluding diaryl/α,β-unsaturated/α-hetero) is 1. The molecule has 0 heterocycles. The summed E-state index contributed by atoms with van der Waals surface area (Å²) < 4.78 is 0. The Morgan fingerprint density at radius 3 is 2.17 bits per heavy atom. The molecule has 0 aliphatic carbocycles. The van der Waals surface area contributed by atoms with Gasteiger partial charge in [0.15, 0.2) is 5.78 Å². The van der Waals surface area contributed by atoms with Gasteiger partial charge in [0.2, 0.25) is 5.91 Å². The third-order valence-electron chi connectivity index (χ3n) is 4.30. The van der Waals surface area contributed by atoms with Gasteiger partial charge in [-0.3, -0.25) is 14.4 Å². The molecule has 0 aliphatic heterocycles. The fourth-order valence-corrected chi connectivity index (χ4v) is 3.54. The first-order chi connectivity index (χ1) is 14.5. The van der Waals surface area contributed by atoms with E-state index in [4.69, 9.17) is 0 Å². The molecule has 5 nitrogen and oxygen atoms in total. The molecule has 3 aromatic carbocycles. The summed E-state index contributed by atoms with van der Waals surface area (Å²) in [7, 11) is 0. The fraction of sp³-hybridized carbons (Fsp3) is 0.125. The van der Waals surface area contributed by atoms with Crippen molar-refractivity contribution in [2.45, 2.75) is 12.7 Å². The Labute approximate surface area is 179 Å². The molecule has 0 aliphatic rings. The van der Waals surface area contributed by atoms with Crippen LogP contribution < -0.4 is 10.6 Å². The van der Waals surface area contributed by atoms with Crippen molar-refractivity contribution in [1.82, 2.24) is 0 Å². The fourth-order valence-electron chi connectivity index (χ4n) is 2.75. The number of amides is 2. The van der Waals surface area contributed by atoms with Gasteiger partial charge in [-0.15, -0.1) is 11.8 Å². The summed E-state index contributed by atoms with van der Waals surface area (Å²) in [4.78, 5) is 35.8. The van der Waals surface area contributed by atoms with Gasteiger partial charge in [-0.1, -0.05) is 42.5 Å². The van der Waals surface area contributed by atoms with Crippen LogP contribution in [-0.2, 0) is 10.5 Å². The van der Waals surface area contributed by atoms with E-state index in [-0.39, 0.29) is 17.6 Å². The first-order valence-electron chi connectivity index (χ1n) is 9.45. The van der Waals surface area contributed by atoms with Crippen LogP contribution in [0.3, 0.4) is 0 Å². The lowest BCUT2D eigenvalue weighted by molar-refractivity contribution is -0.113. The Balaban J connectivity index is 1.46. The van der Waals surface area contributed by atoms with Crippen molar-refractivity contribution in [3.05, 3.63) is 95.6 Å². The van der Waals surface area contributed by atoms with Gasteiger partial charge in [-0.05, 0) is 48.9 Å². The molecule has 0 unspecified atom stereocenters. The van der Waals surface area contributed by atoms with E-state index in [9.17, 15) is 14.4 Å². The minimum Gasteiger partial charge on any atom is -0.325 e. The lowest BCUT2D eigenvalue weighted by atomic mass is 10.1. The third-order valence-corrected chi connectivity index (χ3v) is 5.31. The molecular weight excluding hydrogens is 396 g/mol. The number of benzene rings is 3. The molecule has 2 amide bonds. The Morgan fingerprint density at radius 2 is 1.47 bits per heavy atom. The maximum atomic E-state index is 12.3. The van der Waals surface area contributed by atoms with E-state index in [2.05, 4.69) is 10.6 Å². The second-order valence-electron chi connectivity index (χ2n) is 6.70. The zero-order valence-electron chi connectivity index (χ0n) is 16.6. The number of hydrogen-bond donors (Lipinski definition) is 2. The maximum absolute atomic E-state index is 12.3. The standard InChI is InChI=1S/C24H22N2O3S/c1-17(27)20-6-5-9-22(14-20)25-23(28)16-30-15-18-10-12-19(13-11-18)24(29)26-21-7-3-2-4-8-21/h2-14H,15-16H2,1H3,(H,25,28)(H,26,29). The zero-order chi connectivity index (χ0) is 21.3. The first-order valence-corrected chi connectivity index (χ1v) is 10.6. The van der Waals surface area contributed by atoms with E-state index in [0.29, 0.717) is 28.3 Å². The molecule has 6 heteroatoms. The summed E-state index contributed by atoms with van der Waals surface area (Å²) in [6, 6.07) is 23.5. The number of thioether (sulfide) groups is 1. The molecule has 0 atom stereocenters. The molecule has 3 aromatic rings. The predicted molar refractivity (Wildman–Crippen MR) is 122 cm³/mol. The Bertz CT molecular complexity index is 1030. The van der Waals surface area contributed by atoms with Gasteiger partial charge in [-0.2, -0.15) is 0 Å². The normalized spacial score (nSPS) is 10.3. The number of carbonyl (C=O) groups is 3. The summed E-state index contributed by atoms with van der Waals surface area (Å²) in [5.74, 6) is 0.621. The summed E-state index contributed by atoms with van der Waals surface area (Å²) in [5.41, 5.74) is 3.54. The largest absolute Gasteiger partial charge is 0.325 e. The van der Waals surface area contributed by atoms with Gasteiger partial charge in [0, 0.05) is 28.3 Å². The first kappa shape index (κ1) is 21.3. The highest BCUT2D eigenvalue weighted by molar-refractivity contribution is 7.99. The molecule has 152 valence electrons. The molecule has 0 fully saturated rings. The minimum atomic E-state index is -0.160. The summed E-state index contributed by atoms with van der Waals surface area (Å²) in [6.07, 6.45) is 0. The molecule has 0 bridgehead atoms. The number of hydrogen-bond acceptors (Lipinski definition) is 4. The summed E-state index contributed by atoms with van der Waals surface area (Å²) >= 11 is 1.48. The van der Waals surface area contributed by atoms with Crippen molar-refractivity contribution in [3.63, 3.8) is 0 Å². The lowest BCUT2D eigenvalue weighted by Crippen LogP contribution is -2.14. The number of carbonyl (C=O) groups excluding carboxylic acids is 3. The third kappa shape index (κ3) is 6.32. The molecule has 30 heavy (non-hydrogen) atoms. The van der Waals surface area contributed by atoms with E-state index in [0.717, 1.165) is 11.3 Å². The van der Waals surface area contributed by atoms with Gasteiger partial charge in [0.1, 0.15) is 0 Å². The molecule has 0 saturated heterocycles. The van der Waals surface area contributed by atoms with Crippen LogP contribution in [0.25, 0.3) is 0 Å². The highest BCUT2D eigenvalue weighted by Crippen LogP contribution is 2.16. The van der Waals surface area contributed by atoms with Gasteiger partial charge in [0.05, 0.1) is 5.75 Å².